The first-order valence-corrected chi connectivity index (χ1v) is 8.93. The topological polar surface area (TPSA) is 68.1 Å². The first-order chi connectivity index (χ1) is 10.6. The lowest BCUT2D eigenvalue weighted by atomic mass is 10.1. The molecule has 0 saturated carbocycles. The molecule has 3 rings (SSSR count). The second-order valence-electron chi connectivity index (χ2n) is 5.62. The summed E-state index contributed by atoms with van der Waals surface area (Å²) < 4.78 is 29.3. The van der Waals surface area contributed by atoms with E-state index in [1.807, 2.05) is 13.2 Å². The Labute approximate surface area is 130 Å². The average molecular weight is 320 g/mol. The number of aromatic nitrogens is 3. The minimum atomic E-state index is -3.54. The van der Waals surface area contributed by atoms with Crippen LogP contribution in [0.3, 0.4) is 0 Å². The Hall–Kier alpha value is -1.73. The van der Waals surface area contributed by atoms with Crippen molar-refractivity contribution in [2.75, 3.05) is 6.54 Å². The molecule has 22 heavy (non-hydrogen) atoms. The van der Waals surface area contributed by atoms with Gasteiger partial charge in [-0.2, -0.15) is 9.40 Å². The van der Waals surface area contributed by atoms with E-state index in [1.54, 1.807) is 33.5 Å². The zero-order valence-electron chi connectivity index (χ0n) is 12.6. The number of hydrogen-bond acceptors (Lipinski definition) is 4. The van der Waals surface area contributed by atoms with Gasteiger partial charge in [0.1, 0.15) is 4.90 Å². The van der Waals surface area contributed by atoms with Gasteiger partial charge in [-0.25, -0.2) is 8.42 Å². The van der Waals surface area contributed by atoms with Gasteiger partial charge < -0.3 is 0 Å². The number of sulfonamides is 1. The molecule has 1 aliphatic rings. The lowest BCUT2D eigenvalue weighted by Gasteiger charge is -2.28. The van der Waals surface area contributed by atoms with E-state index in [2.05, 4.69) is 10.1 Å². The molecule has 0 N–H and O–H groups in total. The molecule has 0 aliphatic carbocycles. The highest BCUT2D eigenvalue weighted by atomic mass is 32.2. The van der Waals surface area contributed by atoms with Gasteiger partial charge in [-0.1, -0.05) is 12.8 Å². The van der Waals surface area contributed by atoms with E-state index in [-0.39, 0.29) is 10.9 Å². The predicted molar refractivity (Wildman–Crippen MR) is 82.5 cm³/mol. The molecule has 0 bridgehead atoms. The van der Waals surface area contributed by atoms with E-state index in [1.165, 1.54) is 6.20 Å². The zero-order chi connectivity index (χ0) is 15.6. The van der Waals surface area contributed by atoms with Crippen molar-refractivity contribution in [1.82, 2.24) is 19.1 Å². The van der Waals surface area contributed by atoms with Crippen molar-refractivity contribution < 1.29 is 8.42 Å². The molecule has 0 amide bonds. The standard InChI is InChI=1S/C15H20N4O2S/c1-18-12-13(10-17-18)15-7-3-2-4-9-19(15)22(20,21)14-6-5-8-16-11-14/h5-6,8,10-12,15H,2-4,7,9H2,1H3/t15-/m0/s1. The molecule has 1 aliphatic heterocycles. The summed E-state index contributed by atoms with van der Waals surface area (Å²) >= 11 is 0. The maximum absolute atomic E-state index is 13.0. The van der Waals surface area contributed by atoms with Gasteiger partial charge in [0, 0.05) is 37.7 Å². The highest BCUT2D eigenvalue weighted by molar-refractivity contribution is 7.89. The van der Waals surface area contributed by atoms with E-state index in [0.717, 1.165) is 31.2 Å². The van der Waals surface area contributed by atoms with Crippen LogP contribution in [-0.2, 0) is 17.1 Å². The molecule has 1 atom stereocenters. The maximum atomic E-state index is 13.0. The zero-order valence-corrected chi connectivity index (χ0v) is 13.4. The Balaban J connectivity index is 2.00. The lowest BCUT2D eigenvalue weighted by Crippen LogP contribution is -2.34. The Bertz CT molecular complexity index is 727. The Morgan fingerprint density at radius 2 is 2.09 bits per heavy atom. The van der Waals surface area contributed by atoms with Gasteiger partial charge in [0.15, 0.2) is 0 Å². The predicted octanol–water partition coefficient (Wildman–Crippen LogP) is 2.12. The van der Waals surface area contributed by atoms with Crippen LogP contribution < -0.4 is 0 Å². The number of nitrogens with zero attached hydrogens (tertiary/aromatic N) is 4. The molecule has 1 saturated heterocycles. The monoisotopic (exact) mass is 320 g/mol. The second-order valence-corrected chi connectivity index (χ2v) is 7.51. The molecule has 2 aromatic heterocycles. The largest absolute Gasteiger partial charge is 0.275 e. The van der Waals surface area contributed by atoms with Crippen LogP contribution in [0, 0.1) is 0 Å². The lowest BCUT2D eigenvalue weighted by molar-refractivity contribution is 0.328. The Kier molecular flexibility index (Phi) is 4.26. The number of pyridine rings is 1. The van der Waals surface area contributed by atoms with Crippen molar-refractivity contribution >= 4 is 10.0 Å². The first-order valence-electron chi connectivity index (χ1n) is 7.49. The fourth-order valence-electron chi connectivity index (χ4n) is 2.95. The van der Waals surface area contributed by atoms with Crippen molar-refractivity contribution in [3.05, 3.63) is 42.5 Å². The molecule has 6 nitrogen and oxygen atoms in total. The molecule has 0 aromatic carbocycles. The van der Waals surface area contributed by atoms with E-state index < -0.39 is 10.0 Å². The SMILES string of the molecule is Cn1cc([C@@H]2CCCCCN2S(=O)(=O)c2cccnc2)cn1. The maximum Gasteiger partial charge on any atom is 0.245 e. The highest BCUT2D eigenvalue weighted by Crippen LogP contribution is 2.34. The van der Waals surface area contributed by atoms with E-state index >= 15 is 0 Å². The average Bonchev–Trinajstić information content (AvgIpc) is 2.81. The molecular weight excluding hydrogens is 300 g/mol. The summed E-state index contributed by atoms with van der Waals surface area (Å²) in [4.78, 5) is 4.20. The van der Waals surface area contributed by atoms with Crippen LogP contribution in [0.15, 0.2) is 41.8 Å². The molecule has 0 radical (unpaired) electrons. The molecule has 3 heterocycles. The quantitative estimate of drug-likeness (QED) is 0.869. The van der Waals surface area contributed by atoms with Crippen molar-refractivity contribution in [2.45, 2.75) is 36.6 Å². The van der Waals surface area contributed by atoms with Crippen molar-refractivity contribution in [3.8, 4) is 0 Å². The van der Waals surface area contributed by atoms with Crippen LogP contribution in [0.5, 0.6) is 0 Å². The van der Waals surface area contributed by atoms with Gasteiger partial charge >= 0.3 is 0 Å². The smallest absolute Gasteiger partial charge is 0.245 e. The van der Waals surface area contributed by atoms with Crippen LogP contribution in [0.4, 0.5) is 0 Å². The van der Waals surface area contributed by atoms with Crippen molar-refractivity contribution in [2.24, 2.45) is 7.05 Å². The van der Waals surface area contributed by atoms with Gasteiger partial charge in [0.05, 0.1) is 12.2 Å². The van der Waals surface area contributed by atoms with E-state index in [9.17, 15) is 8.42 Å². The van der Waals surface area contributed by atoms with E-state index in [4.69, 9.17) is 0 Å². The molecule has 0 spiro atoms. The van der Waals surface area contributed by atoms with Crippen LogP contribution >= 0.6 is 0 Å². The number of hydrogen-bond donors (Lipinski definition) is 0. The fraction of sp³-hybridized carbons (Fsp3) is 0.467. The summed E-state index contributed by atoms with van der Waals surface area (Å²) in [7, 11) is -1.69. The number of rotatable bonds is 3. The normalized spacial score (nSPS) is 20.7. The van der Waals surface area contributed by atoms with Crippen LogP contribution in [0.2, 0.25) is 0 Å². The molecule has 7 heteroatoms. The van der Waals surface area contributed by atoms with Crippen molar-refractivity contribution in [3.63, 3.8) is 0 Å². The Morgan fingerprint density at radius 1 is 1.23 bits per heavy atom. The second kappa shape index (κ2) is 6.18. The third kappa shape index (κ3) is 2.91. The minimum Gasteiger partial charge on any atom is -0.275 e. The molecule has 118 valence electrons. The third-order valence-electron chi connectivity index (χ3n) is 4.05. The summed E-state index contributed by atoms with van der Waals surface area (Å²) in [5.74, 6) is 0. The number of aryl methyl sites for hydroxylation is 1. The third-order valence-corrected chi connectivity index (χ3v) is 5.95. The first kappa shape index (κ1) is 15.2. The molecule has 0 unspecified atom stereocenters. The van der Waals surface area contributed by atoms with E-state index in [0.29, 0.717) is 6.54 Å². The molecular formula is C15H20N4O2S. The summed E-state index contributed by atoms with van der Waals surface area (Å²) in [5.41, 5.74) is 0.955. The van der Waals surface area contributed by atoms with Gasteiger partial charge in [-0.15, -0.1) is 0 Å². The summed E-state index contributed by atoms with van der Waals surface area (Å²) in [6.45, 7) is 0.538. The van der Waals surface area contributed by atoms with Gasteiger partial charge in [0.2, 0.25) is 10.0 Å². The van der Waals surface area contributed by atoms with Crippen LogP contribution in [0.1, 0.15) is 37.3 Å². The van der Waals surface area contributed by atoms with Gasteiger partial charge in [0.25, 0.3) is 0 Å². The van der Waals surface area contributed by atoms with Gasteiger partial charge in [-0.05, 0) is 25.0 Å². The Morgan fingerprint density at radius 3 is 2.77 bits per heavy atom. The summed E-state index contributed by atoms with van der Waals surface area (Å²) in [6.07, 6.45) is 10.5. The van der Waals surface area contributed by atoms with Crippen molar-refractivity contribution in [1.29, 1.82) is 0 Å². The summed E-state index contributed by atoms with van der Waals surface area (Å²) in [5, 5.41) is 4.19. The van der Waals surface area contributed by atoms with Gasteiger partial charge in [-0.3, -0.25) is 9.67 Å². The van der Waals surface area contributed by atoms with Crippen LogP contribution in [0.25, 0.3) is 0 Å². The highest BCUT2D eigenvalue weighted by Gasteiger charge is 2.34. The molecule has 1 fully saturated rings. The molecule has 2 aromatic rings. The van der Waals surface area contributed by atoms with Crippen LogP contribution in [-0.4, -0.2) is 34.0 Å². The minimum absolute atomic E-state index is 0.151. The summed E-state index contributed by atoms with van der Waals surface area (Å²) in [6, 6.07) is 3.11. The fourth-order valence-corrected chi connectivity index (χ4v) is 4.60.